The molecule has 1 aromatic rings. The van der Waals surface area contributed by atoms with Crippen molar-refractivity contribution in [2.24, 2.45) is 5.92 Å². The van der Waals surface area contributed by atoms with Gasteiger partial charge < -0.3 is 10.0 Å². The molecule has 1 rings (SSSR count). The molecule has 0 aliphatic heterocycles. The van der Waals surface area contributed by atoms with Crippen molar-refractivity contribution in [1.82, 2.24) is 0 Å². The van der Waals surface area contributed by atoms with Gasteiger partial charge in [0, 0.05) is 18.5 Å². The molecule has 0 fully saturated rings. The van der Waals surface area contributed by atoms with Gasteiger partial charge in [-0.05, 0) is 31.4 Å². The molecule has 1 atom stereocenters. The fraction of sp³-hybridized carbons (Fsp3) is 0.467. The summed E-state index contributed by atoms with van der Waals surface area (Å²) in [4.78, 5) is 24.4. The van der Waals surface area contributed by atoms with Gasteiger partial charge in [-0.2, -0.15) is 0 Å². The summed E-state index contributed by atoms with van der Waals surface area (Å²) in [5, 5.41) is 10.0. The van der Waals surface area contributed by atoms with E-state index in [2.05, 4.69) is 0 Å². The number of amides is 1. The van der Waals surface area contributed by atoms with Crippen molar-refractivity contribution in [3.8, 4) is 0 Å². The maximum absolute atomic E-state index is 11.7. The predicted molar refractivity (Wildman–Crippen MR) is 90.3 cm³/mol. The Balaban J connectivity index is 3.41. The molecular weight excluding hydrogens is 349 g/mol. The van der Waals surface area contributed by atoms with E-state index in [1.807, 2.05) is 0 Å². The minimum absolute atomic E-state index is 0.184. The van der Waals surface area contributed by atoms with E-state index in [0.29, 0.717) is 29.2 Å². The molecule has 1 N–H and O–H groups in total. The molecule has 0 bridgehead atoms. The Morgan fingerprint density at radius 3 is 2.23 bits per heavy atom. The fourth-order valence-corrected chi connectivity index (χ4v) is 3.37. The molecule has 1 unspecified atom stereocenters. The SMILES string of the molecule is CCC(Cc1c(Cl)cc(Cl)c(N(CC)C(C)=O)c1Cl)C(=O)O. The van der Waals surface area contributed by atoms with Crippen LogP contribution in [0.3, 0.4) is 0 Å². The molecule has 1 aromatic carbocycles. The van der Waals surface area contributed by atoms with Crippen molar-refractivity contribution < 1.29 is 14.7 Å². The number of hydrogen-bond acceptors (Lipinski definition) is 2. The molecule has 1 amide bonds. The molecule has 0 saturated carbocycles. The topological polar surface area (TPSA) is 57.6 Å². The van der Waals surface area contributed by atoms with Crippen LogP contribution in [0.1, 0.15) is 32.8 Å². The number of carboxylic acids is 1. The van der Waals surface area contributed by atoms with Crippen LogP contribution < -0.4 is 4.90 Å². The molecule has 0 heterocycles. The molecule has 0 aliphatic carbocycles. The van der Waals surface area contributed by atoms with Gasteiger partial charge in [0.05, 0.1) is 21.7 Å². The zero-order valence-electron chi connectivity index (χ0n) is 12.6. The molecule has 0 aromatic heterocycles. The molecule has 0 aliphatic rings. The zero-order chi connectivity index (χ0) is 17.0. The number of halogens is 3. The minimum Gasteiger partial charge on any atom is -0.481 e. The highest BCUT2D eigenvalue weighted by atomic mass is 35.5. The second-order valence-electron chi connectivity index (χ2n) is 4.89. The number of carbonyl (C=O) groups excluding carboxylic acids is 1. The van der Waals surface area contributed by atoms with E-state index < -0.39 is 11.9 Å². The van der Waals surface area contributed by atoms with Gasteiger partial charge in [-0.25, -0.2) is 0 Å². The summed E-state index contributed by atoms with van der Waals surface area (Å²) in [6, 6.07) is 1.50. The van der Waals surface area contributed by atoms with Gasteiger partial charge in [-0.15, -0.1) is 0 Å². The lowest BCUT2D eigenvalue weighted by atomic mass is 9.96. The van der Waals surface area contributed by atoms with Crippen LogP contribution in [0, 0.1) is 5.92 Å². The first-order valence-electron chi connectivity index (χ1n) is 6.91. The Labute approximate surface area is 145 Å². The summed E-state index contributed by atoms with van der Waals surface area (Å²) in [6.07, 6.45) is 0.632. The number of hydrogen-bond donors (Lipinski definition) is 1. The Morgan fingerprint density at radius 2 is 1.82 bits per heavy atom. The summed E-state index contributed by atoms with van der Waals surface area (Å²) < 4.78 is 0. The summed E-state index contributed by atoms with van der Waals surface area (Å²) in [5.41, 5.74) is 0.870. The number of nitrogens with zero attached hydrogens (tertiary/aromatic N) is 1. The van der Waals surface area contributed by atoms with Crippen molar-refractivity contribution in [2.45, 2.75) is 33.6 Å². The largest absolute Gasteiger partial charge is 0.481 e. The normalized spacial score (nSPS) is 12.1. The lowest BCUT2D eigenvalue weighted by Crippen LogP contribution is -2.29. The zero-order valence-corrected chi connectivity index (χ0v) is 14.9. The summed E-state index contributed by atoms with van der Waals surface area (Å²) >= 11 is 18.7. The van der Waals surface area contributed by atoms with Crippen molar-refractivity contribution in [3.05, 3.63) is 26.7 Å². The molecular formula is C15H18Cl3NO3. The quantitative estimate of drug-likeness (QED) is 0.795. The summed E-state index contributed by atoms with van der Waals surface area (Å²) in [6.45, 7) is 5.39. The first-order chi connectivity index (χ1) is 10.2. The van der Waals surface area contributed by atoms with Gasteiger partial charge in [-0.1, -0.05) is 41.7 Å². The number of rotatable bonds is 6. The van der Waals surface area contributed by atoms with E-state index in [9.17, 15) is 14.7 Å². The van der Waals surface area contributed by atoms with Crippen LogP contribution >= 0.6 is 34.8 Å². The first-order valence-corrected chi connectivity index (χ1v) is 8.05. The van der Waals surface area contributed by atoms with Gasteiger partial charge in [0.25, 0.3) is 0 Å². The number of anilines is 1. The highest BCUT2D eigenvalue weighted by molar-refractivity contribution is 6.43. The second kappa shape index (κ2) is 8.04. The molecule has 7 heteroatoms. The Morgan fingerprint density at radius 1 is 1.23 bits per heavy atom. The van der Waals surface area contributed by atoms with E-state index in [4.69, 9.17) is 34.8 Å². The van der Waals surface area contributed by atoms with E-state index in [-0.39, 0.29) is 22.4 Å². The number of aliphatic carboxylic acids is 1. The third-order valence-corrected chi connectivity index (χ3v) is 4.53. The van der Waals surface area contributed by atoms with Crippen molar-refractivity contribution in [1.29, 1.82) is 0 Å². The standard InChI is InChI=1S/C15H18Cl3NO3/c1-4-9(15(21)22)6-10-11(16)7-12(17)14(13(10)18)19(5-2)8(3)20/h7,9H,4-6H2,1-3H3,(H,21,22). The number of benzene rings is 1. The third kappa shape index (κ3) is 4.06. The molecule has 0 radical (unpaired) electrons. The van der Waals surface area contributed by atoms with Crippen LogP contribution in [0.25, 0.3) is 0 Å². The first kappa shape index (κ1) is 19.1. The minimum atomic E-state index is -0.912. The van der Waals surface area contributed by atoms with Crippen molar-refractivity contribution >= 4 is 52.4 Å². The van der Waals surface area contributed by atoms with Gasteiger partial charge in [0.1, 0.15) is 0 Å². The van der Waals surface area contributed by atoms with Crippen LogP contribution in [0.5, 0.6) is 0 Å². The molecule has 0 saturated heterocycles. The van der Waals surface area contributed by atoms with E-state index in [1.165, 1.54) is 17.9 Å². The number of carboxylic acid groups (broad SMARTS) is 1. The lowest BCUT2D eigenvalue weighted by Gasteiger charge is -2.24. The Bertz CT molecular complexity index is 590. The maximum Gasteiger partial charge on any atom is 0.306 e. The van der Waals surface area contributed by atoms with Crippen LogP contribution in [0.15, 0.2) is 6.07 Å². The Kier molecular flexibility index (Phi) is 6.98. The van der Waals surface area contributed by atoms with Gasteiger partial charge in [0.15, 0.2) is 0 Å². The highest BCUT2D eigenvalue weighted by Gasteiger charge is 2.25. The Hall–Kier alpha value is -0.970. The average molecular weight is 367 g/mol. The summed E-state index contributed by atoms with van der Waals surface area (Å²) in [7, 11) is 0. The summed E-state index contributed by atoms with van der Waals surface area (Å²) in [5.74, 6) is -1.72. The van der Waals surface area contributed by atoms with Gasteiger partial charge in [-0.3, -0.25) is 9.59 Å². The van der Waals surface area contributed by atoms with Crippen LogP contribution in [0.2, 0.25) is 15.1 Å². The van der Waals surface area contributed by atoms with Crippen LogP contribution in [-0.4, -0.2) is 23.5 Å². The van der Waals surface area contributed by atoms with Gasteiger partial charge in [0.2, 0.25) is 5.91 Å². The smallest absolute Gasteiger partial charge is 0.306 e. The third-order valence-electron chi connectivity index (χ3n) is 3.50. The molecule has 22 heavy (non-hydrogen) atoms. The highest BCUT2D eigenvalue weighted by Crippen LogP contribution is 2.41. The average Bonchev–Trinajstić information content (AvgIpc) is 2.42. The molecule has 4 nitrogen and oxygen atoms in total. The van der Waals surface area contributed by atoms with Crippen molar-refractivity contribution in [3.63, 3.8) is 0 Å². The van der Waals surface area contributed by atoms with E-state index in [0.717, 1.165) is 0 Å². The molecule has 0 spiro atoms. The van der Waals surface area contributed by atoms with Crippen LogP contribution in [0.4, 0.5) is 5.69 Å². The van der Waals surface area contributed by atoms with Crippen LogP contribution in [-0.2, 0) is 16.0 Å². The fourth-order valence-electron chi connectivity index (χ4n) is 2.24. The number of carbonyl (C=O) groups is 2. The maximum atomic E-state index is 11.7. The van der Waals surface area contributed by atoms with Gasteiger partial charge >= 0.3 is 5.97 Å². The van der Waals surface area contributed by atoms with E-state index in [1.54, 1.807) is 13.8 Å². The monoisotopic (exact) mass is 365 g/mol. The second-order valence-corrected chi connectivity index (χ2v) is 6.08. The van der Waals surface area contributed by atoms with E-state index >= 15 is 0 Å². The molecule has 122 valence electrons. The van der Waals surface area contributed by atoms with Crippen molar-refractivity contribution in [2.75, 3.05) is 11.4 Å². The predicted octanol–water partition coefficient (Wildman–Crippen LogP) is 4.67. The lowest BCUT2D eigenvalue weighted by molar-refractivity contribution is -0.141.